The molecule has 0 fully saturated rings. The largest absolute Gasteiger partial charge is 0.179 e. The Balaban J connectivity index is 2.36. The van der Waals surface area contributed by atoms with E-state index in [0.29, 0.717) is 0 Å². The molecule has 0 N–H and O–H groups in total. The van der Waals surface area contributed by atoms with Gasteiger partial charge in [0.15, 0.2) is 0 Å². The fourth-order valence-electron chi connectivity index (χ4n) is 0.993. The number of rotatable bonds is 4. The molecule has 64 valence electrons. The molecule has 1 aromatic carbocycles. The van der Waals surface area contributed by atoms with Crippen molar-refractivity contribution < 1.29 is 0 Å². The maximum absolute atomic E-state index is 4.15. The van der Waals surface area contributed by atoms with Crippen LogP contribution in [0.1, 0.15) is 18.4 Å². The third-order valence-electron chi connectivity index (χ3n) is 1.64. The summed E-state index contributed by atoms with van der Waals surface area (Å²) in [4.78, 5) is 0. The quantitative estimate of drug-likeness (QED) is 0.530. The van der Waals surface area contributed by atoms with E-state index in [1.54, 1.807) is 0 Å². The van der Waals surface area contributed by atoms with Crippen LogP contribution in [-0.4, -0.2) is 5.75 Å². The van der Waals surface area contributed by atoms with Crippen LogP contribution < -0.4 is 0 Å². The number of unbranched alkanes of at least 4 members (excludes halogenated alkanes) is 1. The maximum atomic E-state index is 4.15. The van der Waals surface area contributed by atoms with E-state index in [-0.39, 0.29) is 0 Å². The van der Waals surface area contributed by atoms with Crippen LogP contribution in [0.2, 0.25) is 0 Å². The summed E-state index contributed by atoms with van der Waals surface area (Å²) in [6.45, 7) is 0. The highest BCUT2D eigenvalue weighted by atomic mass is 32.1. The molecule has 0 spiro atoms. The second-order valence-electron chi connectivity index (χ2n) is 2.68. The Bertz CT molecular complexity index is 226. The van der Waals surface area contributed by atoms with Crippen LogP contribution in [-0.2, 0) is 0 Å². The highest BCUT2D eigenvalue weighted by molar-refractivity contribution is 7.80. The molecular weight excluding hydrogens is 164 g/mol. The Kier molecular flexibility index (Phi) is 4.62. The summed E-state index contributed by atoms with van der Waals surface area (Å²) in [6.07, 6.45) is 6.64. The molecule has 0 radical (unpaired) electrons. The van der Waals surface area contributed by atoms with E-state index < -0.39 is 0 Å². The lowest BCUT2D eigenvalue weighted by molar-refractivity contribution is 0.979. The van der Waals surface area contributed by atoms with Gasteiger partial charge in [-0.2, -0.15) is 12.6 Å². The van der Waals surface area contributed by atoms with Gasteiger partial charge < -0.3 is 0 Å². The molecule has 0 aliphatic carbocycles. The van der Waals surface area contributed by atoms with Crippen molar-refractivity contribution in [1.82, 2.24) is 0 Å². The van der Waals surface area contributed by atoms with Gasteiger partial charge >= 0.3 is 0 Å². The minimum Gasteiger partial charge on any atom is -0.179 e. The fraction of sp³-hybridized carbons (Fsp3) is 0.273. The third-order valence-corrected chi connectivity index (χ3v) is 1.96. The zero-order chi connectivity index (χ0) is 8.65. The van der Waals surface area contributed by atoms with Crippen molar-refractivity contribution in [2.24, 2.45) is 0 Å². The first-order valence-corrected chi connectivity index (χ1v) is 4.89. The molecule has 0 atom stereocenters. The zero-order valence-electron chi connectivity index (χ0n) is 7.11. The Morgan fingerprint density at radius 1 is 1.17 bits per heavy atom. The van der Waals surface area contributed by atoms with Gasteiger partial charge in [-0.25, -0.2) is 0 Å². The first-order valence-electron chi connectivity index (χ1n) is 4.26. The van der Waals surface area contributed by atoms with Crippen molar-refractivity contribution in [3.63, 3.8) is 0 Å². The van der Waals surface area contributed by atoms with Gasteiger partial charge in [-0.3, -0.25) is 0 Å². The van der Waals surface area contributed by atoms with Crippen LogP contribution in [0.5, 0.6) is 0 Å². The zero-order valence-corrected chi connectivity index (χ0v) is 8.00. The van der Waals surface area contributed by atoms with E-state index in [0.717, 1.165) is 18.6 Å². The molecule has 0 saturated carbocycles. The molecule has 0 nitrogen and oxygen atoms in total. The maximum Gasteiger partial charge on any atom is -0.00950 e. The predicted octanol–water partition coefficient (Wildman–Crippen LogP) is 3.41. The summed E-state index contributed by atoms with van der Waals surface area (Å²) < 4.78 is 0. The fourth-order valence-corrected chi connectivity index (χ4v) is 1.18. The molecule has 0 saturated heterocycles. The molecule has 0 aliphatic heterocycles. The minimum atomic E-state index is 0.971. The molecule has 0 aromatic heterocycles. The van der Waals surface area contributed by atoms with Gasteiger partial charge in [0.2, 0.25) is 0 Å². The Labute approximate surface area is 79.7 Å². The second-order valence-corrected chi connectivity index (χ2v) is 3.13. The van der Waals surface area contributed by atoms with E-state index in [1.807, 2.05) is 6.07 Å². The van der Waals surface area contributed by atoms with E-state index >= 15 is 0 Å². The minimum absolute atomic E-state index is 0.971. The van der Waals surface area contributed by atoms with Crippen LogP contribution >= 0.6 is 12.6 Å². The summed E-state index contributed by atoms with van der Waals surface area (Å²) in [5, 5.41) is 0. The van der Waals surface area contributed by atoms with Gasteiger partial charge in [-0.15, -0.1) is 0 Å². The molecule has 1 heteroatoms. The Morgan fingerprint density at radius 3 is 2.58 bits per heavy atom. The van der Waals surface area contributed by atoms with Gasteiger partial charge in [-0.1, -0.05) is 42.5 Å². The van der Waals surface area contributed by atoms with Crippen molar-refractivity contribution in [3.05, 3.63) is 42.0 Å². The van der Waals surface area contributed by atoms with Crippen LogP contribution in [0.4, 0.5) is 0 Å². The van der Waals surface area contributed by atoms with Gasteiger partial charge in [0.25, 0.3) is 0 Å². The molecule has 0 heterocycles. The highest BCUT2D eigenvalue weighted by Gasteiger charge is 1.82. The lowest BCUT2D eigenvalue weighted by Gasteiger charge is -1.91. The average molecular weight is 178 g/mol. The summed E-state index contributed by atoms with van der Waals surface area (Å²) in [5.41, 5.74) is 1.27. The van der Waals surface area contributed by atoms with Crippen molar-refractivity contribution in [1.29, 1.82) is 0 Å². The highest BCUT2D eigenvalue weighted by Crippen LogP contribution is 2.02. The van der Waals surface area contributed by atoms with Crippen LogP contribution in [0, 0.1) is 0 Å². The third kappa shape index (κ3) is 3.63. The van der Waals surface area contributed by atoms with Crippen molar-refractivity contribution in [3.8, 4) is 0 Å². The first-order chi connectivity index (χ1) is 5.93. The smallest absolute Gasteiger partial charge is 0.00950 e. The van der Waals surface area contributed by atoms with Gasteiger partial charge in [0, 0.05) is 0 Å². The first kappa shape index (κ1) is 9.40. The number of hydrogen-bond donors (Lipinski definition) is 1. The standard InChI is InChI=1S/C11H14S/c12-10-6-2-5-9-11-7-3-1-4-8-11/h1,3-5,7-9,12H,2,6,10H2. The Morgan fingerprint density at radius 2 is 1.92 bits per heavy atom. The van der Waals surface area contributed by atoms with Crippen molar-refractivity contribution in [2.45, 2.75) is 12.8 Å². The SMILES string of the molecule is SCCCC=Cc1ccccc1. The Hall–Kier alpha value is -0.690. The van der Waals surface area contributed by atoms with Gasteiger partial charge in [-0.05, 0) is 24.2 Å². The molecule has 1 rings (SSSR count). The number of thiol groups is 1. The summed E-state index contributed by atoms with van der Waals surface area (Å²) >= 11 is 4.15. The topological polar surface area (TPSA) is 0 Å². The lowest BCUT2D eigenvalue weighted by atomic mass is 10.2. The predicted molar refractivity (Wildman–Crippen MR) is 58.6 cm³/mol. The van der Waals surface area contributed by atoms with Crippen molar-refractivity contribution >= 4 is 18.7 Å². The van der Waals surface area contributed by atoms with Crippen molar-refractivity contribution in [2.75, 3.05) is 5.75 Å². The van der Waals surface area contributed by atoms with Crippen LogP contribution in [0.15, 0.2) is 36.4 Å². The van der Waals surface area contributed by atoms with Crippen LogP contribution in [0.25, 0.3) is 6.08 Å². The number of allylic oxidation sites excluding steroid dienone is 1. The summed E-state index contributed by atoms with van der Waals surface area (Å²) in [6, 6.07) is 10.4. The van der Waals surface area contributed by atoms with E-state index in [4.69, 9.17) is 0 Å². The second kappa shape index (κ2) is 5.90. The molecule has 1 aromatic rings. The molecule has 12 heavy (non-hydrogen) atoms. The van der Waals surface area contributed by atoms with Gasteiger partial charge in [0.1, 0.15) is 0 Å². The van der Waals surface area contributed by atoms with Gasteiger partial charge in [0.05, 0.1) is 0 Å². The summed E-state index contributed by atoms with van der Waals surface area (Å²) in [7, 11) is 0. The van der Waals surface area contributed by atoms with E-state index in [1.165, 1.54) is 5.56 Å². The van der Waals surface area contributed by atoms with Crippen LogP contribution in [0.3, 0.4) is 0 Å². The normalized spacial score (nSPS) is 10.8. The van der Waals surface area contributed by atoms with E-state index in [2.05, 4.69) is 49.0 Å². The monoisotopic (exact) mass is 178 g/mol. The average Bonchev–Trinajstić information content (AvgIpc) is 2.14. The number of hydrogen-bond acceptors (Lipinski definition) is 1. The molecular formula is C11H14S. The summed E-state index contributed by atoms with van der Waals surface area (Å²) in [5.74, 6) is 0.971. The molecule has 0 aliphatic rings. The number of benzene rings is 1. The molecule has 0 amide bonds. The molecule has 0 bridgehead atoms. The molecule has 0 unspecified atom stereocenters. The van der Waals surface area contributed by atoms with E-state index in [9.17, 15) is 0 Å². The lowest BCUT2D eigenvalue weighted by Crippen LogP contribution is -1.72.